The van der Waals surface area contributed by atoms with Gasteiger partial charge in [-0.05, 0) is 50.1 Å². The summed E-state index contributed by atoms with van der Waals surface area (Å²) in [5, 5.41) is 3.58. The monoisotopic (exact) mass is 495 g/mol. The van der Waals surface area contributed by atoms with Gasteiger partial charge in [-0.25, -0.2) is 21.6 Å². The van der Waals surface area contributed by atoms with E-state index < -0.39 is 20.0 Å². The largest absolute Gasteiger partial charge is 0.310 e. The Labute approximate surface area is 199 Å². The van der Waals surface area contributed by atoms with Crippen molar-refractivity contribution < 1.29 is 16.8 Å². The van der Waals surface area contributed by atoms with Crippen LogP contribution in [-0.4, -0.2) is 36.2 Å². The fraction of sp³-hybridized carbons (Fsp3) is 0.500. The van der Waals surface area contributed by atoms with E-state index >= 15 is 0 Å². The summed E-state index contributed by atoms with van der Waals surface area (Å²) >= 11 is 0. The van der Waals surface area contributed by atoms with E-state index in [2.05, 4.69) is 21.7 Å². The molecular formula is C24H37N3O4S2. The van der Waals surface area contributed by atoms with Crippen molar-refractivity contribution in [3.63, 3.8) is 0 Å². The summed E-state index contributed by atoms with van der Waals surface area (Å²) in [6.07, 6.45) is 9.10. The molecule has 1 aliphatic carbocycles. The van der Waals surface area contributed by atoms with Crippen LogP contribution in [0.15, 0.2) is 59.5 Å². The van der Waals surface area contributed by atoms with Crippen LogP contribution in [0.3, 0.4) is 0 Å². The van der Waals surface area contributed by atoms with Gasteiger partial charge < -0.3 is 5.32 Å². The van der Waals surface area contributed by atoms with E-state index in [1.807, 2.05) is 30.3 Å². The van der Waals surface area contributed by atoms with Gasteiger partial charge in [-0.2, -0.15) is 0 Å². The van der Waals surface area contributed by atoms with Crippen LogP contribution in [0.4, 0.5) is 5.69 Å². The second-order valence-electron chi connectivity index (χ2n) is 8.57. The Balaban J connectivity index is 0.000000569. The van der Waals surface area contributed by atoms with E-state index in [0.29, 0.717) is 18.3 Å². The van der Waals surface area contributed by atoms with Crippen molar-refractivity contribution in [2.45, 2.75) is 62.9 Å². The van der Waals surface area contributed by atoms with E-state index in [1.165, 1.54) is 45.6 Å². The van der Waals surface area contributed by atoms with Gasteiger partial charge in [0.15, 0.2) is 0 Å². The van der Waals surface area contributed by atoms with E-state index in [4.69, 9.17) is 0 Å². The van der Waals surface area contributed by atoms with Crippen molar-refractivity contribution in [2.24, 2.45) is 5.92 Å². The van der Waals surface area contributed by atoms with Crippen molar-refractivity contribution in [2.75, 3.05) is 18.0 Å². The Morgan fingerprint density at radius 3 is 2.09 bits per heavy atom. The van der Waals surface area contributed by atoms with Crippen LogP contribution in [0, 0.1) is 5.92 Å². The Morgan fingerprint density at radius 2 is 1.48 bits per heavy atom. The van der Waals surface area contributed by atoms with Crippen LogP contribution >= 0.6 is 0 Å². The molecule has 0 aliphatic heterocycles. The molecule has 3 rings (SSSR count). The second kappa shape index (κ2) is 13.1. The van der Waals surface area contributed by atoms with Crippen LogP contribution in [0.2, 0.25) is 0 Å². The quantitative estimate of drug-likeness (QED) is 0.486. The summed E-state index contributed by atoms with van der Waals surface area (Å²) in [7, 11) is -5.12. The predicted octanol–water partition coefficient (Wildman–Crippen LogP) is 4.10. The number of para-hydroxylation sites is 1. The van der Waals surface area contributed by atoms with E-state index in [-0.39, 0.29) is 4.90 Å². The summed E-state index contributed by atoms with van der Waals surface area (Å²) in [5.41, 5.74) is 1.60. The predicted molar refractivity (Wildman–Crippen MR) is 135 cm³/mol. The lowest BCUT2D eigenvalue weighted by molar-refractivity contribution is 0.305. The van der Waals surface area contributed by atoms with Gasteiger partial charge in [0, 0.05) is 12.6 Å². The standard InChI is InChI=1S/C22H30N2O2S.C2H7NO2S/c1-18(16-19-10-4-2-5-11-19)23-17-20-12-8-9-15-22(20)24-27(25,26)21-13-6-3-7-14-21;1-3-6(2,4)5/h3,6-9,12-15,18-19,23-24H,2,4-5,10-11,16-17H2,1H3;3H,1-2H3/t18-;/m0./s1. The van der Waals surface area contributed by atoms with Crippen molar-refractivity contribution in [1.29, 1.82) is 0 Å². The molecule has 0 aromatic heterocycles. The molecule has 0 bridgehead atoms. The second-order valence-corrected chi connectivity index (χ2v) is 12.2. The van der Waals surface area contributed by atoms with Crippen LogP contribution in [0.1, 0.15) is 51.0 Å². The zero-order valence-electron chi connectivity index (χ0n) is 19.8. The highest BCUT2D eigenvalue weighted by molar-refractivity contribution is 7.92. The minimum atomic E-state index is -3.57. The van der Waals surface area contributed by atoms with Crippen LogP contribution in [-0.2, 0) is 26.6 Å². The number of rotatable bonds is 9. The van der Waals surface area contributed by atoms with Gasteiger partial charge in [-0.1, -0.05) is 68.5 Å². The maximum atomic E-state index is 12.6. The molecule has 1 atom stereocenters. The molecule has 0 unspecified atom stereocenters. The fourth-order valence-corrected chi connectivity index (χ4v) is 4.99. The van der Waals surface area contributed by atoms with Gasteiger partial charge in [0.2, 0.25) is 10.0 Å². The SMILES string of the molecule is CNS(C)(=O)=O.C[C@@H](CC1CCCCC1)NCc1ccccc1NS(=O)(=O)c1ccccc1. The molecule has 33 heavy (non-hydrogen) atoms. The molecule has 0 saturated heterocycles. The first-order chi connectivity index (χ1) is 15.6. The molecular weight excluding hydrogens is 458 g/mol. The first-order valence-corrected chi connectivity index (χ1v) is 14.8. The molecule has 9 heteroatoms. The molecule has 0 heterocycles. The molecule has 0 spiro atoms. The molecule has 3 N–H and O–H groups in total. The van der Waals surface area contributed by atoms with E-state index in [9.17, 15) is 16.8 Å². The van der Waals surface area contributed by atoms with Gasteiger partial charge in [0.1, 0.15) is 0 Å². The maximum absolute atomic E-state index is 12.6. The highest BCUT2D eigenvalue weighted by Gasteiger charge is 2.18. The van der Waals surface area contributed by atoms with Crippen molar-refractivity contribution >= 4 is 25.7 Å². The zero-order valence-corrected chi connectivity index (χ0v) is 21.4. The highest BCUT2D eigenvalue weighted by Crippen LogP contribution is 2.27. The van der Waals surface area contributed by atoms with Gasteiger partial charge in [-0.15, -0.1) is 0 Å². The lowest BCUT2D eigenvalue weighted by Gasteiger charge is -2.25. The maximum Gasteiger partial charge on any atom is 0.261 e. The number of anilines is 1. The first-order valence-electron chi connectivity index (χ1n) is 11.4. The topological polar surface area (TPSA) is 104 Å². The van der Waals surface area contributed by atoms with Crippen molar-refractivity contribution in [3.05, 3.63) is 60.2 Å². The highest BCUT2D eigenvalue weighted by atomic mass is 32.2. The number of hydrogen-bond acceptors (Lipinski definition) is 5. The normalized spacial score (nSPS) is 15.8. The molecule has 1 saturated carbocycles. The smallest absolute Gasteiger partial charge is 0.261 e. The Kier molecular flexibility index (Phi) is 10.8. The fourth-order valence-electron chi connectivity index (χ4n) is 3.87. The third-order valence-electron chi connectivity index (χ3n) is 5.74. The van der Waals surface area contributed by atoms with Crippen LogP contribution in [0.25, 0.3) is 0 Å². The average molecular weight is 496 g/mol. The van der Waals surface area contributed by atoms with E-state index in [0.717, 1.165) is 17.7 Å². The summed E-state index contributed by atoms with van der Waals surface area (Å²) in [5.74, 6) is 0.827. The number of sulfonamides is 2. The van der Waals surface area contributed by atoms with Crippen molar-refractivity contribution in [3.8, 4) is 0 Å². The molecule has 1 fully saturated rings. The van der Waals surface area contributed by atoms with Gasteiger partial charge in [0.25, 0.3) is 10.0 Å². The minimum absolute atomic E-state index is 0.276. The summed E-state index contributed by atoms with van der Waals surface area (Å²) in [4.78, 5) is 0.276. The Bertz CT molecular complexity index is 1050. The van der Waals surface area contributed by atoms with Gasteiger partial charge in [0.05, 0.1) is 16.8 Å². The first kappa shape index (κ1) is 27.3. The molecule has 184 valence electrons. The van der Waals surface area contributed by atoms with Crippen LogP contribution in [0.5, 0.6) is 0 Å². The Morgan fingerprint density at radius 1 is 0.909 bits per heavy atom. The van der Waals surface area contributed by atoms with Crippen LogP contribution < -0.4 is 14.8 Å². The summed E-state index contributed by atoms with van der Waals surface area (Å²) < 4.78 is 49.8. The summed E-state index contributed by atoms with van der Waals surface area (Å²) in [6, 6.07) is 16.5. The lowest BCUT2D eigenvalue weighted by Crippen LogP contribution is -2.29. The molecule has 0 radical (unpaired) electrons. The van der Waals surface area contributed by atoms with E-state index in [1.54, 1.807) is 24.3 Å². The summed E-state index contributed by atoms with van der Waals surface area (Å²) in [6.45, 7) is 2.88. The molecule has 1 aliphatic rings. The third kappa shape index (κ3) is 10.2. The average Bonchev–Trinajstić information content (AvgIpc) is 2.79. The van der Waals surface area contributed by atoms with Gasteiger partial charge >= 0.3 is 0 Å². The van der Waals surface area contributed by atoms with Crippen molar-refractivity contribution in [1.82, 2.24) is 10.0 Å². The number of benzene rings is 2. The minimum Gasteiger partial charge on any atom is -0.310 e. The molecule has 0 amide bonds. The Hall–Kier alpha value is -1.94. The molecule has 7 nitrogen and oxygen atoms in total. The zero-order chi connectivity index (χ0) is 24.3. The molecule has 2 aromatic carbocycles. The third-order valence-corrected chi connectivity index (χ3v) is 7.86. The molecule has 2 aromatic rings. The lowest BCUT2D eigenvalue weighted by atomic mass is 9.85. The number of nitrogens with one attached hydrogen (secondary N) is 3. The number of hydrogen-bond donors (Lipinski definition) is 3. The van der Waals surface area contributed by atoms with Gasteiger partial charge in [-0.3, -0.25) is 4.72 Å².